The van der Waals surface area contributed by atoms with Gasteiger partial charge in [0.15, 0.2) is 0 Å². The Morgan fingerprint density at radius 2 is 2.50 bits per heavy atom. The topological polar surface area (TPSA) is 40.9 Å². The summed E-state index contributed by atoms with van der Waals surface area (Å²) in [5.74, 6) is 0. The fourth-order valence-electron chi connectivity index (χ4n) is 0.111. The number of carbonyl (C=O) groups excluding carboxylic acids is 1. The molecule has 0 aromatic carbocycles. The van der Waals surface area contributed by atoms with E-state index in [2.05, 4.69) is 0 Å². The van der Waals surface area contributed by atoms with Crippen molar-refractivity contribution in [3.63, 3.8) is 0 Å². The molecule has 2 nitrogen and oxygen atoms in total. The van der Waals surface area contributed by atoms with Gasteiger partial charge in [0, 0.05) is 0 Å². The molecule has 0 unspecified atom stereocenters. The van der Waals surface area contributed by atoms with Crippen molar-refractivity contribution in [1.29, 1.82) is 5.26 Å². The lowest BCUT2D eigenvalue weighted by atomic mass is 10.5. The van der Waals surface area contributed by atoms with Gasteiger partial charge in [-0.25, -0.2) is 0 Å². The van der Waals surface area contributed by atoms with Crippen LogP contribution in [0.4, 0.5) is 0 Å². The zero-order chi connectivity index (χ0) is 4.99. The summed E-state index contributed by atoms with van der Waals surface area (Å²) in [6, 6.07) is 1.75. The van der Waals surface area contributed by atoms with E-state index in [1.54, 1.807) is 6.07 Å². The summed E-state index contributed by atoms with van der Waals surface area (Å²) in [4.78, 5) is 9.88. The van der Waals surface area contributed by atoms with E-state index in [9.17, 15) is 4.79 Å². The normalized spacial score (nSPS) is 6.50. The summed E-state index contributed by atoms with van der Waals surface area (Å²) in [5.41, 5.74) is 0. The molecule has 0 N–H and O–H groups in total. The summed E-state index contributed by atoms with van der Waals surface area (Å²) >= 11 is 0.517. The van der Waals surface area contributed by atoms with Crippen molar-refractivity contribution in [1.82, 2.24) is 0 Å². The number of rotatable bonds is 1. The average Bonchev–Trinajstić information content (AvgIpc) is 1.35. The largest absolute Gasteiger partial charge is 0.321 e. The number of hydrogen-bond acceptors (Lipinski definition) is 2. The van der Waals surface area contributed by atoms with E-state index in [1.165, 1.54) is 0 Å². The van der Waals surface area contributed by atoms with E-state index in [0.717, 1.165) is 0 Å². The average molecular weight is 97.1 g/mol. The molecule has 0 fully saturated rings. The zero-order valence-corrected chi connectivity index (χ0v) is 5.56. The molecule has 0 saturated heterocycles. The number of nitriles is 1. The Bertz CT molecular complexity index is 93.5. The van der Waals surface area contributed by atoms with Gasteiger partial charge in [-0.1, -0.05) is 0 Å². The molecule has 0 aliphatic heterocycles. The van der Waals surface area contributed by atoms with Gasteiger partial charge in [0.1, 0.15) is 0 Å². The minimum Gasteiger partial charge on any atom is -0.321 e. The fourth-order valence-corrected chi connectivity index (χ4v) is 0.269. The molecule has 0 rings (SSSR count). The molecule has 0 atom stereocenters. The Kier molecular flexibility index (Phi) is 2.76. The highest BCUT2D eigenvalue weighted by Gasteiger charge is 1.83. The number of nitrogens with zero attached hydrogens (tertiary/aromatic N) is 1. The highest BCUT2D eigenvalue weighted by atomic mass is 27.0. The summed E-state index contributed by atoms with van der Waals surface area (Å²) in [6.07, 6.45) is 0.103. The first-order valence-electron chi connectivity index (χ1n) is 1.63. The van der Waals surface area contributed by atoms with Crippen LogP contribution < -0.4 is 0 Å². The van der Waals surface area contributed by atoms with Gasteiger partial charge in [-0.15, -0.1) is 0 Å². The molecule has 0 bridgehead atoms. The van der Waals surface area contributed by atoms with Crippen LogP contribution in [0, 0.1) is 11.3 Å². The maximum atomic E-state index is 9.88. The summed E-state index contributed by atoms with van der Waals surface area (Å²) in [6.45, 7) is 0. The lowest BCUT2D eigenvalue weighted by Crippen LogP contribution is -1.90. The van der Waals surface area contributed by atoms with Crippen molar-refractivity contribution in [3.05, 3.63) is 0 Å². The van der Waals surface area contributed by atoms with Crippen LogP contribution in [0.3, 0.4) is 0 Å². The van der Waals surface area contributed by atoms with Crippen molar-refractivity contribution in [3.8, 4) is 6.07 Å². The molecular weight excluding hydrogens is 93.0 g/mol. The molecule has 0 aromatic rings. The van der Waals surface area contributed by atoms with Gasteiger partial charge in [-0.05, 0) is 0 Å². The first-order valence-corrected chi connectivity index (χ1v) is 2.63. The van der Waals surface area contributed by atoms with Crippen LogP contribution in [0.1, 0.15) is 6.42 Å². The van der Waals surface area contributed by atoms with E-state index < -0.39 is 0 Å². The highest BCUT2D eigenvalue weighted by molar-refractivity contribution is 6.57. The third-order valence-corrected chi connectivity index (χ3v) is 0.682. The van der Waals surface area contributed by atoms with E-state index in [1.807, 2.05) is 0 Å². The van der Waals surface area contributed by atoms with Gasteiger partial charge in [-0.3, -0.25) is 0 Å². The third kappa shape index (κ3) is 3.69. The Balaban J connectivity index is 3.13. The molecule has 0 amide bonds. The van der Waals surface area contributed by atoms with Crippen LogP contribution in [0.2, 0.25) is 0 Å². The smallest absolute Gasteiger partial charge is 0.320 e. The molecule has 0 heterocycles. The van der Waals surface area contributed by atoms with Gasteiger partial charge in [0.25, 0.3) is 0 Å². The molecule has 0 spiro atoms. The molecule has 0 radical (unpaired) electrons. The van der Waals surface area contributed by atoms with Crippen LogP contribution in [0.25, 0.3) is 0 Å². The number of carbonyl (C=O) groups is 1. The van der Waals surface area contributed by atoms with E-state index in [4.69, 9.17) is 5.26 Å². The monoisotopic (exact) mass is 97.0 g/mol. The van der Waals surface area contributed by atoms with Gasteiger partial charge >= 0.3 is 16.3 Å². The lowest BCUT2D eigenvalue weighted by Gasteiger charge is -1.69. The fraction of sp³-hybridized carbons (Fsp3) is 0.333. The molecule has 0 saturated carbocycles. The third-order valence-electron chi connectivity index (χ3n) is 0.328. The minimum atomic E-state index is 0.0671. The van der Waals surface area contributed by atoms with Crippen LogP contribution in [0.5, 0.6) is 0 Å². The number of hydrogen-bond donors (Lipinski definition) is 0. The standard InChI is InChI=1S/C3H2NO.Al.2H/c4-2-1-3-5;;;/h1H2;;;. The van der Waals surface area contributed by atoms with Crippen LogP contribution in [0.15, 0.2) is 0 Å². The summed E-state index contributed by atoms with van der Waals surface area (Å²) in [7, 11) is 0. The van der Waals surface area contributed by atoms with Crippen molar-refractivity contribution >= 4 is 20.9 Å². The Morgan fingerprint density at radius 3 is 2.50 bits per heavy atom. The van der Waals surface area contributed by atoms with Gasteiger partial charge < -0.3 is 4.79 Å². The zero-order valence-electron chi connectivity index (χ0n) is 3.56. The lowest BCUT2D eigenvalue weighted by molar-refractivity contribution is -0.110. The molecule has 6 heavy (non-hydrogen) atoms. The highest BCUT2D eigenvalue weighted by Crippen LogP contribution is 1.67. The van der Waals surface area contributed by atoms with Crippen molar-refractivity contribution in [2.75, 3.05) is 0 Å². The Hall–Kier alpha value is -0.308. The van der Waals surface area contributed by atoms with Crippen LogP contribution >= 0.6 is 0 Å². The molecule has 0 aromatic heterocycles. The maximum Gasteiger partial charge on any atom is 0.320 e. The van der Waals surface area contributed by atoms with E-state index >= 15 is 0 Å². The second-order valence-corrected chi connectivity index (χ2v) is 2.15. The maximum absolute atomic E-state index is 9.88. The van der Waals surface area contributed by atoms with Crippen molar-refractivity contribution in [2.24, 2.45) is 0 Å². The summed E-state index contributed by atoms with van der Waals surface area (Å²) < 4.78 is 0.0671. The predicted molar refractivity (Wildman–Crippen MR) is 23.8 cm³/mol. The predicted octanol–water partition coefficient (Wildman–Crippen LogP) is -0.940. The molecular formula is C3H4AlNO. The summed E-state index contributed by atoms with van der Waals surface area (Å²) in [5, 5.41) is 7.79. The SMILES string of the molecule is N#CC[C](=O)[AlH2]. The molecule has 30 valence electrons. The van der Waals surface area contributed by atoms with Crippen molar-refractivity contribution < 1.29 is 4.79 Å². The quantitative estimate of drug-likeness (QED) is 0.396. The van der Waals surface area contributed by atoms with E-state index in [-0.39, 0.29) is 11.1 Å². The Labute approximate surface area is 44.2 Å². The van der Waals surface area contributed by atoms with Gasteiger partial charge in [0.05, 0.1) is 17.1 Å². The van der Waals surface area contributed by atoms with Gasteiger partial charge in [0.2, 0.25) is 0 Å². The van der Waals surface area contributed by atoms with Crippen LogP contribution in [-0.4, -0.2) is 20.9 Å². The molecule has 0 aliphatic rings. The second kappa shape index (κ2) is 2.91. The van der Waals surface area contributed by atoms with E-state index in [0.29, 0.717) is 16.3 Å². The first kappa shape index (κ1) is 5.69. The van der Waals surface area contributed by atoms with Crippen LogP contribution in [-0.2, 0) is 4.79 Å². The Morgan fingerprint density at radius 1 is 2.00 bits per heavy atom. The second-order valence-electron chi connectivity index (χ2n) is 1.04. The van der Waals surface area contributed by atoms with Gasteiger partial charge in [-0.2, -0.15) is 5.26 Å². The molecule has 3 heteroatoms. The minimum absolute atomic E-state index is 0.0671. The first-order chi connectivity index (χ1) is 2.77. The molecule has 0 aliphatic carbocycles. The van der Waals surface area contributed by atoms with Crippen molar-refractivity contribution in [2.45, 2.75) is 6.42 Å².